The Morgan fingerprint density at radius 1 is 1.19 bits per heavy atom. The molecule has 0 aromatic heterocycles. The average molecular weight is 373 g/mol. The van der Waals surface area contributed by atoms with Crippen molar-refractivity contribution < 1.29 is 9.53 Å². The van der Waals surface area contributed by atoms with Gasteiger partial charge in [0.1, 0.15) is 5.75 Å². The van der Waals surface area contributed by atoms with Crippen LogP contribution in [0.2, 0.25) is 0 Å². The van der Waals surface area contributed by atoms with Gasteiger partial charge in [-0.1, -0.05) is 37.8 Å². The normalized spacial score (nSPS) is 17.6. The van der Waals surface area contributed by atoms with Crippen molar-refractivity contribution in [1.29, 1.82) is 0 Å². The Hall–Kier alpha value is -2.24. The van der Waals surface area contributed by atoms with Gasteiger partial charge >= 0.3 is 0 Å². The van der Waals surface area contributed by atoms with E-state index < -0.39 is 0 Å². The quantitative estimate of drug-likeness (QED) is 0.418. The molecule has 3 rings (SSSR count). The first-order chi connectivity index (χ1) is 13.3. The number of ether oxygens (including phenoxy) is 1. The second-order valence-corrected chi connectivity index (χ2v) is 7.37. The highest BCUT2D eigenvalue weighted by molar-refractivity contribution is 5.97. The summed E-state index contributed by atoms with van der Waals surface area (Å²) in [6.07, 6.45) is 9.03. The minimum absolute atomic E-state index is 0.0168. The zero-order chi connectivity index (χ0) is 18.9. The van der Waals surface area contributed by atoms with E-state index in [9.17, 15) is 4.79 Å². The van der Waals surface area contributed by atoms with Crippen molar-refractivity contribution in [3.63, 3.8) is 0 Å². The Balaban J connectivity index is 1.34. The van der Waals surface area contributed by atoms with Gasteiger partial charge in [0.15, 0.2) is 12.6 Å². The number of carbonyl (C=O) groups excluding carboxylic acids is 1. The number of amides is 1. The summed E-state index contributed by atoms with van der Waals surface area (Å²) < 4.78 is 5.48. The van der Waals surface area contributed by atoms with Gasteiger partial charge in [0.2, 0.25) is 0 Å². The number of rotatable bonds is 8. The third-order valence-corrected chi connectivity index (χ3v) is 5.44. The van der Waals surface area contributed by atoms with E-state index in [0.717, 1.165) is 42.8 Å². The van der Waals surface area contributed by atoms with Crippen LogP contribution in [0.5, 0.6) is 5.75 Å². The molecular weight excluding hydrogens is 340 g/mol. The summed E-state index contributed by atoms with van der Waals surface area (Å²) in [7, 11) is 1.80. The van der Waals surface area contributed by atoms with Gasteiger partial charge < -0.3 is 20.3 Å². The van der Waals surface area contributed by atoms with Gasteiger partial charge in [0.25, 0.3) is 5.91 Å². The van der Waals surface area contributed by atoms with Crippen LogP contribution in [0.4, 0.5) is 5.69 Å². The van der Waals surface area contributed by atoms with Crippen LogP contribution >= 0.6 is 0 Å². The molecule has 6 heteroatoms. The van der Waals surface area contributed by atoms with Crippen LogP contribution in [-0.2, 0) is 4.79 Å². The van der Waals surface area contributed by atoms with E-state index in [1.165, 1.54) is 38.5 Å². The van der Waals surface area contributed by atoms with E-state index in [4.69, 9.17) is 4.74 Å². The molecule has 2 N–H and O–H groups in total. The zero-order valence-corrected chi connectivity index (χ0v) is 16.4. The maximum Gasteiger partial charge on any atom is 0.265 e. The van der Waals surface area contributed by atoms with Crippen LogP contribution in [-0.4, -0.2) is 45.2 Å². The fraction of sp³-hybridized carbons (Fsp3) is 0.619. The predicted octanol–water partition coefficient (Wildman–Crippen LogP) is 2.94. The van der Waals surface area contributed by atoms with Crippen molar-refractivity contribution in [3.05, 3.63) is 24.3 Å². The number of anilines is 1. The van der Waals surface area contributed by atoms with Crippen LogP contribution in [0.15, 0.2) is 29.3 Å². The lowest BCUT2D eigenvalue weighted by atomic mass is 10.0. The molecule has 1 amide bonds. The van der Waals surface area contributed by atoms with E-state index >= 15 is 0 Å². The highest BCUT2D eigenvalue weighted by Crippen LogP contribution is 2.31. The third kappa shape index (κ3) is 5.62. The Kier molecular flexibility index (Phi) is 7.36. The summed E-state index contributed by atoms with van der Waals surface area (Å²) in [5.41, 5.74) is 0.864. The molecule has 27 heavy (non-hydrogen) atoms. The Bertz CT molecular complexity index is 641. The fourth-order valence-electron chi connectivity index (χ4n) is 3.96. The van der Waals surface area contributed by atoms with Crippen LogP contribution in [0.3, 0.4) is 0 Å². The number of nitrogens with one attached hydrogen (secondary N) is 2. The number of hydrogen-bond donors (Lipinski definition) is 2. The van der Waals surface area contributed by atoms with Crippen LogP contribution in [0.1, 0.15) is 44.9 Å². The maximum atomic E-state index is 12.2. The molecule has 0 bridgehead atoms. The van der Waals surface area contributed by atoms with E-state index in [-0.39, 0.29) is 12.5 Å². The van der Waals surface area contributed by atoms with Gasteiger partial charge in [-0.3, -0.25) is 9.79 Å². The Morgan fingerprint density at radius 2 is 1.93 bits per heavy atom. The molecule has 1 saturated carbocycles. The lowest BCUT2D eigenvalue weighted by Gasteiger charge is -2.29. The maximum absolute atomic E-state index is 12.2. The molecule has 1 aromatic rings. The monoisotopic (exact) mass is 372 g/mol. The smallest absolute Gasteiger partial charge is 0.265 e. The molecule has 2 aliphatic rings. The minimum Gasteiger partial charge on any atom is -0.482 e. The Morgan fingerprint density at radius 3 is 2.70 bits per heavy atom. The number of guanidine groups is 1. The van der Waals surface area contributed by atoms with Crippen molar-refractivity contribution >= 4 is 17.6 Å². The number of fused-ring (bicyclic) bond motifs is 1. The summed E-state index contributed by atoms with van der Waals surface area (Å²) in [6, 6.07) is 7.70. The van der Waals surface area contributed by atoms with Crippen molar-refractivity contribution in [2.75, 3.05) is 38.2 Å². The minimum atomic E-state index is 0.0168. The summed E-state index contributed by atoms with van der Waals surface area (Å²) in [6.45, 7) is 2.53. The van der Waals surface area contributed by atoms with Gasteiger partial charge in [0, 0.05) is 26.7 Å². The largest absolute Gasteiger partial charge is 0.482 e. The zero-order valence-electron chi connectivity index (χ0n) is 16.4. The molecule has 148 valence electrons. The molecule has 1 aliphatic heterocycles. The first-order valence-electron chi connectivity index (χ1n) is 10.2. The topological polar surface area (TPSA) is 66.0 Å². The molecule has 0 radical (unpaired) electrons. The van der Waals surface area contributed by atoms with Crippen molar-refractivity contribution in [1.82, 2.24) is 10.6 Å². The summed E-state index contributed by atoms with van der Waals surface area (Å²) in [5.74, 6) is 2.58. The van der Waals surface area contributed by atoms with Crippen molar-refractivity contribution in [2.45, 2.75) is 44.9 Å². The summed E-state index contributed by atoms with van der Waals surface area (Å²) in [4.78, 5) is 18.3. The SMILES string of the molecule is CN=C(NCCCC1CCCC1)NCCCN1C(=O)COc2ccccc21. The number of hydrogen-bond acceptors (Lipinski definition) is 3. The number of aliphatic imine (C=N–C) groups is 1. The molecule has 0 unspecified atom stereocenters. The van der Waals surface area contributed by atoms with Gasteiger partial charge in [-0.2, -0.15) is 0 Å². The molecule has 0 spiro atoms. The molecule has 6 nitrogen and oxygen atoms in total. The molecule has 1 heterocycles. The number of nitrogens with zero attached hydrogens (tertiary/aromatic N) is 2. The highest BCUT2D eigenvalue weighted by Gasteiger charge is 2.24. The molecule has 0 saturated heterocycles. The predicted molar refractivity (Wildman–Crippen MR) is 109 cm³/mol. The van der Waals surface area contributed by atoms with Crippen molar-refractivity contribution in [2.24, 2.45) is 10.9 Å². The first-order valence-corrected chi connectivity index (χ1v) is 10.2. The van der Waals surface area contributed by atoms with Gasteiger partial charge in [-0.05, 0) is 37.3 Å². The Labute approximate surface area is 162 Å². The lowest BCUT2D eigenvalue weighted by Crippen LogP contribution is -2.42. The van der Waals surface area contributed by atoms with E-state index in [1.807, 2.05) is 29.2 Å². The van der Waals surface area contributed by atoms with E-state index in [1.54, 1.807) is 7.05 Å². The highest BCUT2D eigenvalue weighted by atomic mass is 16.5. The van der Waals surface area contributed by atoms with E-state index in [0.29, 0.717) is 6.54 Å². The van der Waals surface area contributed by atoms with Crippen LogP contribution in [0.25, 0.3) is 0 Å². The van der Waals surface area contributed by atoms with Gasteiger partial charge in [-0.15, -0.1) is 0 Å². The first kappa shape index (κ1) is 19.5. The lowest BCUT2D eigenvalue weighted by molar-refractivity contribution is -0.121. The average Bonchev–Trinajstić information content (AvgIpc) is 3.21. The summed E-state index contributed by atoms with van der Waals surface area (Å²) >= 11 is 0. The van der Waals surface area contributed by atoms with E-state index in [2.05, 4.69) is 15.6 Å². The second kappa shape index (κ2) is 10.2. The fourth-order valence-corrected chi connectivity index (χ4v) is 3.96. The molecule has 1 aliphatic carbocycles. The number of para-hydroxylation sites is 2. The van der Waals surface area contributed by atoms with Crippen LogP contribution < -0.4 is 20.3 Å². The number of benzene rings is 1. The van der Waals surface area contributed by atoms with Crippen molar-refractivity contribution in [3.8, 4) is 5.75 Å². The van der Waals surface area contributed by atoms with Gasteiger partial charge in [-0.25, -0.2) is 0 Å². The standard InChI is InChI=1S/C21H32N4O2/c1-22-21(23-13-6-10-17-8-2-3-9-17)24-14-7-15-25-18-11-4-5-12-19(18)27-16-20(25)26/h4-5,11-12,17H,2-3,6-10,13-16H2,1H3,(H2,22,23,24). The number of carbonyl (C=O) groups is 1. The van der Waals surface area contributed by atoms with Crippen LogP contribution in [0, 0.1) is 5.92 Å². The van der Waals surface area contributed by atoms with Gasteiger partial charge in [0.05, 0.1) is 5.69 Å². The molecule has 0 atom stereocenters. The third-order valence-electron chi connectivity index (χ3n) is 5.44. The second-order valence-electron chi connectivity index (χ2n) is 7.37. The molecular formula is C21H32N4O2. The molecule has 1 aromatic carbocycles. The molecule has 1 fully saturated rings. The summed E-state index contributed by atoms with van der Waals surface area (Å²) in [5, 5.41) is 6.74.